The van der Waals surface area contributed by atoms with Gasteiger partial charge in [0.25, 0.3) is 0 Å². The molecule has 0 aliphatic heterocycles. The molecule has 0 spiro atoms. The van der Waals surface area contributed by atoms with Gasteiger partial charge in [0.05, 0.1) is 12.3 Å². The third-order valence-electron chi connectivity index (χ3n) is 2.40. The summed E-state index contributed by atoms with van der Waals surface area (Å²) in [7, 11) is 0. The van der Waals surface area contributed by atoms with Crippen molar-refractivity contribution in [2.45, 2.75) is 6.92 Å². The van der Waals surface area contributed by atoms with Crippen molar-refractivity contribution in [2.24, 2.45) is 4.99 Å². The summed E-state index contributed by atoms with van der Waals surface area (Å²) in [5, 5.41) is 9.58. The maximum atomic E-state index is 9.58. The second-order valence-corrected chi connectivity index (χ2v) is 3.75. The summed E-state index contributed by atoms with van der Waals surface area (Å²) >= 11 is 0. The van der Waals surface area contributed by atoms with Gasteiger partial charge in [-0.2, -0.15) is 0 Å². The van der Waals surface area contributed by atoms with Gasteiger partial charge < -0.3 is 9.84 Å². The van der Waals surface area contributed by atoms with Crippen molar-refractivity contribution in [3.8, 4) is 11.5 Å². The van der Waals surface area contributed by atoms with Gasteiger partial charge in [-0.05, 0) is 42.8 Å². The molecule has 0 aromatic heterocycles. The Morgan fingerprint density at radius 3 is 2.67 bits per heavy atom. The molecular weight excluding hydrogens is 226 g/mol. The molecule has 0 radical (unpaired) electrons. The monoisotopic (exact) mass is 241 g/mol. The molecule has 2 aromatic carbocycles. The van der Waals surface area contributed by atoms with Gasteiger partial charge in [-0.3, -0.25) is 4.99 Å². The van der Waals surface area contributed by atoms with Crippen LogP contribution in [0.2, 0.25) is 0 Å². The summed E-state index contributed by atoms with van der Waals surface area (Å²) in [6, 6.07) is 14.9. The quantitative estimate of drug-likeness (QED) is 0.832. The number of nitrogens with zero attached hydrogens (tertiary/aromatic N) is 1. The van der Waals surface area contributed by atoms with Gasteiger partial charge in [0.2, 0.25) is 0 Å². The Kier molecular flexibility index (Phi) is 3.97. The van der Waals surface area contributed by atoms with Crippen molar-refractivity contribution in [2.75, 3.05) is 6.61 Å². The fourth-order valence-corrected chi connectivity index (χ4v) is 1.55. The van der Waals surface area contributed by atoms with Crippen LogP contribution in [0.3, 0.4) is 0 Å². The van der Waals surface area contributed by atoms with Crippen molar-refractivity contribution in [3.05, 3.63) is 54.1 Å². The van der Waals surface area contributed by atoms with E-state index in [9.17, 15) is 5.11 Å². The van der Waals surface area contributed by atoms with Crippen LogP contribution in [0.5, 0.6) is 11.5 Å². The highest BCUT2D eigenvalue weighted by Gasteiger charge is 2.01. The number of phenols is 1. The van der Waals surface area contributed by atoms with Crippen LogP contribution < -0.4 is 4.74 Å². The van der Waals surface area contributed by atoms with E-state index in [-0.39, 0.29) is 5.75 Å². The molecule has 0 heterocycles. The molecule has 3 nitrogen and oxygen atoms in total. The molecule has 2 rings (SSSR count). The van der Waals surface area contributed by atoms with Crippen LogP contribution in [0, 0.1) is 0 Å². The molecular formula is C15H15NO2. The van der Waals surface area contributed by atoms with Gasteiger partial charge in [-0.1, -0.05) is 18.2 Å². The molecule has 0 amide bonds. The van der Waals surface area contributed by atoms with Crippen molar-refractivity contribution < 1.29 is 9.84 Å². The van der Waals surface area contributed by atoms with Crippen LogP contribution in [0.4, 0.5) is 5.69 Å². The number of para-hydroxylation sites is 1. The Morgan fingerprint density at radius 1 is 1.17 bits per heavy atom. The SMILES string of the molecule is CCOc1cc(C=Nc2ccccc2)ccc1O. The lowest BCUT2D eigenvalue weighted by Gasteiger charge is -2.05. The zero-order valence-electron chi connectivity index (χ0n) is 10.2. The van der Waals surface area contributed by atoms with E-state index in [4.69, 9.17) is 4.74 Å². The predicted octanol–water partition coefficient (Wildman–Crippen LogP) is 3.54. The number of hydrogen-bond donors (Lipinski definition) is 1. The normalized spacial score (nSPS) is 10.7. The Balaban J connectivity index is 2.19. The van der Waals surface area contributed by atoms with Crippen LogP contribution in [-0.2, 0) is 0 Å². The fourth-order valence-electron chi connectivity index (χ4n) is 1.55. The maximum absolute atomic E-state index is 9.58. The molecule has 0 aliphatic rings. The predicted molar refractivity (Wildman–Crippen MR) is 73.0 cm³/mol. The fraction of sp³-hybridized carbons (Fsp3) is 0.133. The van der Waals surface area contributed by atoms with Crippen LogP contribution in [0.1, 0.15) is 12.5 Å². The van der Waals surface area contributed by atoms with E-state index >= 15 is 0 Å². The van der Waals surface area contributed by atoms with E-state index in [1.54, 1.807) is 24.4 Å². The van der Waals surface area contributed by atoms with E-state index in [0.29, 0.717) is 12.4 Å². The standard InChI is InChI=1S/C15H15NO2/c1-2-18-15-10-12(8-9-14(15)17)11-16-13-6-4-3-5-7-13/h3-11,17H,2H2,1H3. The first-order valence-electron chi connectivity index (χ1n) is 5.84. The molecule has 0 unspecified atom stereocenters. The zero-order chi connectivity index (χ0) is 12.8. The smallest absolute Gasteiger partial charge is 0.161 e. The number of phenolic OH excluding ortho intramolecular Hbond substituents is 1. The highest BCUT2D eigenvalue weighted by atomic mass is 16.5. The molecule has 2 aromatic rings. The van der Waals surface area contributed by atoms with Crippen LogP contribution >= 0.6 is 0 Å². The summed E-state index contributed by atoms with van der Waals surface area (Å²) in [5.41, 5.74) is 1.78. The average molecular weight is 241 g/mol. The molecule has 0 atom stereocenters. The molecule has 0 saturated carbocycles. The highest BCUT2D eigenvalue weighted by Crippen LogP contribution is 2.26. The molecule has 0 saturated heterocycles. The van der Waals surface area contributed by atoms with Gasteiger partial charge in [0, 0.05) is 6.21 Å². The number of ether oxygens (including phenoxy) is 1. The summed E-state index contributed by atoms with van der Waals surface area (Å²) < 4.78 is 5.32. The Hall–Kier alpha value is -2.29. The topological polar surface area (TPSA) is 41.8 Å². The molecule has 92 valence electrons. The minimum atomic E-state index is 0.147. The minimum absolute atomic E-state index is 0.147. The maximum Gasteiger partial charge on any atom is 0.161 e. The first-order valence-corrected chi connectivity index (χ1v) is 5.84. The molecule has 0 fully saturated rings. The van der Waals surface area contributed by atoms with Gasteiger partial charge in [-0.25, -0.2) is 0 Å². The Bertz CT molecular complexity index is 535. The lowest BCUT2D eigenvalue weighted by Crippen LogP contribution is -1.93. The van der Waals surface area contributed by atoms with Crippen LogP contribution in [-0.4, -0.2) is 17.9 Å². The lowest BCUT2D eigenvalue weighted by molar-refractivity contribution is 0.318. The second kappa shape index (κ2) is 5.87. The third-order valence-corrected chi connectivity index (χ3v) is 2.40. The minimum Gasteiger partial charge on any atom is -0.504 e. The van der Waals surface area contributed by atoms with E-state index in [1.165, 1.54) is 0 Å². The zero-order valence-corrected chi connectivity index (χ0v) is 10.2. The number of rotatable bonds is 4. The summed E-state index contributed by atoms with van der Waals surface area (Å²) in [4.78, 5) is 4.35. The Labute approximate surface area is 106 Å². The van der Waals surface area contributed by atoms with Gasteiger partial charge >= 0.3 is 0 Å². The first-order chi connectivity index (χ1) is 8.79. The molecule has 18 heavy (non-hydrogen) atoms. The number of benzene rings is 2. The van der Waals surface area contributed by atoms with Gasteiger partial charge in [0.1, 0.15) is 0 Å². The third kappa shape index (κ3) is 3.10. The lowest BCUT2D eigenvalue weighted by atomic mass is 10.2. The van der Waals surface area contributed by atoms with Crippen LogP contribution in [0.25, 0.3) is 0 Å². The number of aromatic hydroxyl groups is 1. The van der Waals surface area contributed by atoms with E-state index in [2.05, 4.69) is 4.99 Å². The molecule has 3 heteroatoms. The van der Waals surface area contributed by atoms with E-state index in [1.807, 2.05) is 37.3 Å². The number of hydrogen-bond acceptors (Lipinski definition) is 3. The van der Waals surface area contributed by atoms with Crippen molar-refractivity contribution in [1.82, 2.24) is 0 Å². The first kappa shape index (κ1) is 12.2. The average Bonchev–Trinajstić information content (AvgIpc) is 2.41. The van der Waals surface area contributed by atoms with Crippen molar-refractivity contribution in [1.29, 1.82) is 0 Å². The van der Waals surface area contributed by atoms with E-state index in [0.717, 1.165) is 11.3 Å². The van der Waals surface area contributed by atoms with Crippen LogP contribution in [0.15, 0.2) is 53.5 Å². The molecule has 1 N–H and O–H groups in total. The summed E-state index contributed by atoms with van der Waals surface area (Å²) in [6.07, 6.45) is 1.75. The van der Waals surface area contributed by atoms with E-state index < -0.39 is 0 Å². The van der Waals surface area contributed by atoms with Gasteiger partial charge in [-0.15, -0.1) is 0 Å². The van der Waals surface area contributed by atoms with Crippen molar-refractivity contribution in [3.63, 3.8) is 0 Å². The number of aliphatic imine (C=N–C) groups is 1. The largest absolute Gasteiger partial charge is 0.504 e. The van der Waals surface area contributed by atoms with Gasteiger partial charge in [0.15, 0.2) is 11.5 Å². The molecule has 0 bridgehead atoms. The summed E-state index contributed by atoms with van der Waals surface area (Å²) in [5.74, 6) is 0.628. The summed E-state index contributed by atoms with van der Waals surface area (Å²) in [6.45, 7) is 2.40. The molecule has 0 aliphatic carbocycles. The van der Waals surface area contributed by atoms with Crippen molar-refractivity contribution >= 4 is 11.9 Å². The second-order valence-electron chi connectivity index (χ2n) is 3.75. The Morgan fingerprint density at radius 2 is 1.94 bits per heavy atom. The highest BCUT2D eigenvalue weighted by molar-refractivity contribution is 5.83.